The summed E-state index contributed by atoms with van der Waals surface area (Å²) in [6, 6.07) is 7.97. The number of ether oxygens (including phenoxy) is 1. The fraction of sp³-hybridized carbons (Fsp3) is 0.357. The van der Waals surface area contributed by atoms with Crippen LogP contribution in [0.2, 0.25) is 0 Å². The van der Waals surface area contributed by atoms with Crippen LogP contribution < -0.4 is 16.0 Å². The number of hydrazine groups is 1. The third-order valence-electron chi connectivity index (χ3n) is 3.06. The summed E-state index contributed by atoms with van der Waals surface area (Å²) in [5.41, 5.74) is 4.30. The topological polar surface area (TPSA) is 65.1 Å². The lowest BCUT2D eigenvalue weighted by Gasteiger charge is -2.19. The molecule has 1 aromatic heterocycles. The summed E-state index contributed by atoms with van der Waals surface area (Å²) in [6.45, 7) is -0.0450. The van der Waals surface area contributed by atoms with Crippen molar-refractivity contribution >= 4 is 0 Å². The highest BCUT2D eigenvalue weighted by atomic mass is 19.3. The van der Waals surface area contributed by atoms with E-state index in [4.69, 9.17) is 5.84 Å². The zero-order valence-electron chi connectivity index (χ0n) is 11.7. The van der Waals surface area contributed by atoms with Gasteiger partial charge in [-0.2, -0.15) is 13.9 Å². The lowest BCUT2D eigenvalue weighted by atomic mass is 10.0. The van der Waals surface area contributed by atoms with Gasteiger partial charge in [0.25, 0.3) is 0 Å². The normalized spacial score (nSPS) is 12.6. The highest BCUT2D eigenvalue weighted by molar-refractivity contribution is 5.34. The highest BCUT2D eigenvalue weighted by Crippen LogP contribution is 2.25. The van der Waals surface area contributed by atoms with E-state index in [0.29, 0.717) is 0 Å². The second-order valence-corrected chi connectivity index (χ2v) is 4.53. The van der Waals surface area contributed by atoms with E-state index in [1.54, 1.807) is 24.4 Å². The average molecular weight is 296 g/mol. The van der Waals surface area contributed by atoms with Gasteiger partial charge in [0, 0.05) is 12.7 Å². The molecular weight excluding hydrogens is 278 g/mol. The Balaban J connectivity index is 2.30. The molecule has 114 valence electrons. The third kappa shape index (κ3) is 3.77. The molecule has 2 rings (SSSR count). The zero-order chi connectivity index (χ0) is 15.2. The van der Waals surface area contributed by atoms with Gasteiger partial charge < -0.3 is 4.74 Å². The van der Waals surface area contributed by atoms with Crippen molar-refractivity contribution < 1.29 is 13.5 Å². The number of aryl methyl sites for hydroxylation is 1. The second-order valence-electron chi connectivity index (χ2n) is 4.53. The maximum absolute atomic E-state index is 12.3. The Hall–Kier alpha value is -1.99. The Labute approximate surface area is 121 Å². The van der Waals surface area contributed by atoms with Crippen LogP contribution in [-0.4, -0.2) is 16.4 Å². The second kappa shape index (κ2) is 7.14. The van der Waals surface area contributed by atoms with E-state index in [9.17, 15) is 8.78 Å². The molecule has 1 unspecified atom stereocenters. The van der Waals surface area contributed by atoms with Gasteiger partial charge in [-0.05, 0) is 30.2 Å². The van der Waals surface area contributed by atoms with Crippen molar-refractivity contribution in [2.24, 2.45) is 5.84 Å². The van der Waals surface area contributed by atoms with Crippen molar-refractivity contribution in [2.75, 3.05) is 0 Å². The number of benzene rings is 1. The number of nitrogens with zero attached hydrogens (tertiary/aromatic N) is 2. The number of aromatic nitrogens is 2. The van der Waals surface area contributed by atoms with Gasteiger partial charge in [-0.1, -0.05) is 19.1 Å². The number of nitrogens with two attached hydrogens (primary N) is 1. The number of halogens is 2. The Morgan fingerprint density at radius 2 is 2.19 bits per heavy atom. The SMILES string of the molecule is CCCn1nccc1C(NN)c1cccc(OC(F)F)c1. The molecule has 1 heterocycles. The smallest absolute Gasteiger partial charge is 0.387 e. The summed E-state index contributed by atoms with van der Waals surface area (Å²) in [6.07, 6.45) is 2.62. The van der Waals surface area contributed by atoms with E-state index in [0.717, 1.165) is 24.2 Å². The molecule has 0 aliphatic heterocycles. The Morgan fingerprint density at radius 1 is 1.38 bits per heavy atom. The minimum atomic E-state index is -2.85. The number of hydrogen-bond donors (Lipinski definition) is 2. The van der Waals surface area contributed by atoms with Crippen molar-refractivity contribution in [3.8, 4) is 5.75 Å². The van der Waals surface area contributed by atoms with Gasteiger partial charge in [0.1, 0.15) is 5.75 Å². The van der Waals surface area contributed by atoms with E-state index in [1.807, 2.05) is 17.7 Å². The van der Waals surface area contributed by atoms with E-state index >= 15 is 0 Å². The van der Waals surface area contributed by atoms with Gasteiger partial charge >= 0.3 is 6.61 Å². The molecule has 3 N–H and O–H groups in total. The Morgan fingerprint density at radius 3 is 2.86 bits per heavy atom. The molecule has 2 aromatic rings. The van der Waals surface area contributed by atoms with E-state index in [2.05, 4.69) is 15.3 Å². The number of nitrogens with one attached hydrogen (secondary N) is 1. The lowest BCUT2D eigenvalue weighted by molar-refractivity contribution is -0.0498. The Kier molecular flexibility index (Phi) is 5.24. The largest absolute Gasteiger partial charge is 0.435 e. The first kappa shape index (κ1) is 15.4. The minimum absolute atomic E-state index is 0.101. The zero-order valence-corrected chi connectivity index (χ0v) is 11.7. The quantitative estimate of drug-likeness (QED) is 0.608. The van der Waals surface area contributed by atoms with E-state index in [1.165, 1.54) is 6.07 Å². The van der Waals surface area contributed by atoms with Crippen LogP contribution in [0, 0.1) is 0 Å². The molecule has 1 atom stereocenters. The molecule has 0 amide bonds. The number of rotatable bonds is 7. The van der Waals surface area contributed by atoms with Crippen molar-refractivity contribution in [1.29, 1.82) is 0 Å². The van der Waals surface area contributed by atoms with Crippen LogP contribution in [0.25, 0.3) is 0 Å². The molecule has 0 bridgehead atoms. The Bertz CT molecular complexity index is 574. The summed E-state index contributed by atoms with van der Waals surface area (Å²) >= 11 is 0. The van der Waals surface area contributed by atoms with Gasteiger partial charge in [0.2, 0.25) is 0 Å². The standard InChI is InChI=1S/C14H18F2N4O/c1-2-8-20-12(6-7-18-20)13(19-17)10-4-3-5-11(9-10)21-14(15)16/h3-7,9,13-14,19H,2,8,17H2,1H3. The summed E-state index contributed by atoms with van der Waals surface area (Å²) in [4.78, 5) is 0. The molecule has 0 radical (unpaired) electrons. The molecule has 0 saturated carbocycles. The molecule has 0 aliphatic carbocycles. The molecule has 21 heavy (non-hydrogen) atoms. The molecule has 0 aliphatic rings. The van der Waals surface area contributed by atoms with Crippen LogP contribution in [0.3, 0.4) is 0 Å². The van der Waals surface area contributed by atoms with Crippen molar-refractivity contribution in [2.45, 2.75) is 32.5 Å². The van der Waals surface area contributed by atoms with E-state index < -0.39 is 6.61 Å². The molecule has 1 aromatic carbocycles. The van der Waals surface area contributed by atoms with Gasteiger partial charge in [0.05, 0.1) is 11.7 Å². The van der Waals surface area contributed by atoms with Gasteiger partial charge in [-0.3, -0.25) is 10.5 Å². The summed E-state index contributed by atoms with van der Waals surface area (Å²) in [5.74, 6) is 5.73. The molecule has 0 fully saturated rings. The van der Waals surface area contributed by atoms with Crippen LogP contribution in [0.5, 0.6) is 5.75 Å². The summed E-state index contributed by atoms with van der Waals surface area (Å²) in [7, 11) is 0. The maximum atomic E-state index is 12.3. The van der Waals surface area contributed by atoms with Crippen molar-refractivity contribution in [3.63, 3.8) is 0 Å². The van der Waals surface area contributed by atoms with Crippen LogP contribution >= 0.6 is 0 Å². The average Bonchev–Trinajstić information content (AvgIpc) is 2.88. The number of hydrogen-bond acceptors (Lipinski definition) is 4. The molecule has 0 spiro atoms. The third-order valence-corrected chi connectivity index (χ3v) is 3.06. The monoisotopic (exact) mass is 296 g/mol. The van der Waals surface area contributed by atoms with Crippen molar-refractivity contribution in [1.82, 2.24) is 15.2 Å². The van der Waals surface area contributed by atoms with Crippen LogP contribution in [-0.2, 0) is 6.54 Å². The predicted molar refractivity (Wildman–Crippen MR) is 74.8 cm³/mol. The first-order chi connectivity index (χ1) is 10.2. The maximum Gasteiger partial charge on any atom is 0.387 e. The van der Waals surface area contributed by atoms with Gasteiger partial charge in [0.15, 0.2) is 0 Å². The molecule has 5 nitrogen and oxygen atoms in total. The molecule has 0 saturated heterocycles. The number of alkyl halides is 2. The van der Waals surface area contributed by atoms with Crippen LogP contribution in [0.1, 0.15) is 30.6 Å². The van der Waals surface area contributed by atoms with Crippen LogP contribution in [0.15, 0.2) is 36.5 Å². The fourth-order valence-electron chi connectivity index (χ4n) is 2.21. The first-order valence-electron chi connectivity index (χ1n) is 6.68. The van der Waals surface area contributed by atoms with E-state index in [-0.39, 0.29) is 11.8 Å². The summed E-state index contributed by atoms with van der Waals surface area (Å²) < 4.78 is 30.9. The highest BCUT2D eigenvalue weighted by Gasteiger charge is 2.18. The summed E-state index contributed by atoms with van der Waals surface area (Å²) in [5, 5.41) is 4.24. The predicted octanol–water partition coefficient (Wildman–Crippen LogP) is 2.45. The minimum Gasteiger partial charge on any atom is -0.435 e. The molecular formula is C14H18F2N4O. The molecule has 7 heteroatoms. The van der Waals surface area contributed by atoms with Gasteiger partial charge in [-0.15, -0.1) is 0 Å². The van der Waals surface area contributed by atoms with Crippen LogP contribution in [0.4, 0.5) is 8.78 Å². The van der Waals surface area contributed by atoms with Crippen molar-refractivity contribution in [3.05, 3.63) is 47.8 Å². The lowest BCUT2D eigenvalue weighted by Crippen LogP contribution is -2.30. The van der Waals surface area contributed by atoms with Gasteiger partial charge in [-0.25, -0.2) is 5.43 Å². The first-order valence-corrected chi connectivity index (χ1v) is 6.68. The fourth-order valence-corrected chi connectivity index (χ4v) is 2.21.